The molecule has 2 atom stereocenters. The number of benzene rings is 2. The molecule has 0 aliphatic carbocycles. The summed E-state index contributed by atoms with van der Waals surface area (Å²) < 4.78 is 16.9. The Hall–Kier alpha value is -3.72. The van der Waals surface area contributed by atoms with Crippen LogP contribution in [0.4, 0.5) is 0 Å². The van der Waals surface area contributed by atoms with Crippen molar-refractivity contribution in [1.29, 1.82) is 0 Å². The number of hydrogen-bond acceptors (Lipinski definition) is 8. The summed E-state index contributed by atoms with van der Waals surface area (Å²) in [6.07, 6.45) is 1.00. The van der Waals surface area contributed by atoms with Gasteiger partial charge in [-0.1, -0.05) is 55.1 Å². The summed E-state index contributed by atoms with van der Waals surface area (Å²) in [5.41, 5.74) is 3.57. The first-order chi connectivity index (χ1) is 18.4. The molecule has 2 aromatic rings. The second-order valence-corrected chi connectivity index (χ2v) is 9.96. The molecular weight excluding hydrogens is 502 g/mol. The van der Waals surface area contributed by atoms with Gasteiger partial charge in [-0.3, -0.25) is 4.79 Å². The van der Waals surface area contributed by atoms with Gasteiger partial charge in [-0.15, -0.1) is 0 Å². The third kappa shape index (κ3) is 5.88. The maximum absolute atomic E-state index is 13.0. The molecule has 0 saturated heterocycles. The molecule has 4 rings (SSSR count). The predicted molar refractivity (Wildman–Crippen MR) is 149 cm³/mol. The molecule has 2 aromatic carbocycles. The highest BCUT2D eigenvalue weighted by molar-refractivity contribution is 8.16. The highest BCUT2D eigenvalue weighted by Crippen LogP contribution is 2.46. The minimum atomic E-state index is -0.551. The van der Waals surface area contributed by atoms with Gasteiger partial charge < -0.3 is 24.4 Å². The molecule has 2 aliphatic rings. The molecule has 2 heterocycles. The maximum Gasteiger partial charge on any atom is 0.338 e. The lowest BCUT2D eigenvalue weighted by Gasteiger charge is -2.36. The van der Waals surface area contributed by atoms with Crippen LogP contribution in [0, 0.1) is 0 Å². The molecule has 0 bridgehead atoms. The molecule has 2 aliphatic heterocycles. The fourth-order valence-corrected chi connectivity index (χ4v) is 5.32. The lowest BCUT2D eigenvalue weighted by molar-refractivity contribution is -0.136. The molecule has 0 aromatic heterocycles. The van der Waals surface area contributed by atoms with E-state index >= 15 is 0 Å². The molecule has 1 amide bonds. The minimum absolute atomic E-state index is 0.0721. The van der Waals surface area contributed by atoms with Crippen LogP contribution in [0.3, 0.4) is 0 Å². The monoisotopic (exact) mass is 535 g/mol. The van der Waals surface area contributed by atoms with E-state index in [1.807, 2.05) is 72.7 Å². The molecule has 0 saturated carbocycles. The lowest BCUT2D eigenvalue weighted by atomic mass is 9.93. The zero-order chi connectivity index (χ0) is 27.2. The van der Waals surface area contributed by atoms with Crippen molar-refractivity contribution in [1.82, 2.24) is 10.2 Å². The van der Waals surface area contributed by atoms with E-state index in [0.717, 1.165) is 23.2 Å². The Labute approximate surface area is 227 Å². The van der Waals surface area contributed by atoms with E-state index in [2.05, 4.69) is 10.3 Å². The smallest absolute Gasteiger partial charge is 0.338 e. The highest BCUT2D eigenvalue weighted by atomic mass is 32.2. The number of hydrogen-bond donors (Lipinski definition) is 1. The van der Waals surface area contributed by atoms with Crippen LogP contribution in [0.25, 0.3) is 0 Å². The standard InChI is InChI=1S/C29H33N3O5S/c1-6-18(2)30-25(33)15-22-17-38-29-31-19(3)26(28(34)36-5)27(32(22)29)21-12-13-23(24(14-21)35-4)37-16-20-10-8-7-9-11-20/h7-14,17-18,27H,6,15-16H2,1-5H3,(H,30,33)/t18-,27+/m0/s1. The van der Waals surface area contributed by atoms with Crippen molar-refractivity contribution in [3.8, 4) is 11.5 Å². The molecule has 200 valence electrons. The van der Waals surface area contributed by atoms with Crippen LogP contribution in [0.5, 0.6) is 11.5 Å². The molecular formula is C29H33N3O5S. The van der Waals surface area contributed by atoms with Crippen LogP contribution in [-0.2, 0) is 20.9 Å². The van der Waals surface area contributed by atoms with Crippen molar-refractivity contribution in [2.45, 2.75) is 52.3 Å². The van der Waals surface area contributed by atoms with E-state index in [-0.39, 0.29) is 18.4 Å². The summed E-state index contributed by atoms with van der Waals surface area (Å²) >= 11 is 1.44. The summed E-state index contributed by atoms with van der Waals surface area (Å²) in [4.78, 5) is 32.4. The predicted octanol–water partition coefficient (Wildman–Crippen LogP) is 5.33. The summed E-state index contributed by atoms with van der Waals surface area (Å²) in [6.45, 7) is 6.19. The quantitative estimate of drug-likeness (QED) is 0.412. The first-order valence-electron chi connectivity index (χ1n) is 12.5. The Morgan fingerprint density at radius 2 is 1.89 bits per heavy atom. The number of rotatable bonds is 10. The number of allylic oxidation sites excluding steroid dienone is 1. The van der Waals surface area contributed by atoms with Crippen LogP contribution >= 0.6 is 11.8 Å². The van der Waals surface area contributed by atoms with Crippen LogP contribution in [0.1, 0.15) is 50.8 Å². The number of carbonyl (C=O) groups excluding carboxylic acids is 2. The van der Waals surface area contributed by atoms with E-state index in [0.29, 0.717) is 34.5 Å². The number of nitrogens with zero attached hydrogens (tertiary/aromatic N) is 2. The topological polar surface area (TPSA) is 89.5 Å². The van der Waals surface area contributed by atoms with Crippen molar-refractivity contribution in [3.63, 3.8) is 0 Å². The van der Waals surface area contributed by atoms with Crippen LogP contribution in [0.15, 0.2) is 75.9 Å². The summed E-state index contributed by atoms with van der Waals surface area (Å²) in [7, 11) is 2.94. The normalized spacial score (nSPS) is 17.3. The number of carbonyl (C=O) groups is 2. The zero-order valence-corrected chi connectivity index (χ0v) is 23.1. The van der Waals surface area contributed by atoms with Gasteiger partial charge in [0, 0.05) is 11.7 Å². The third-order valence-corrected chi connectivity index (χ3v) is 7.40. The summed E-state index contributed by atoms with van der Waals surface area (Å²) in [5, 5.41) is 5.64. The average molecular weight is 536 g/mol. The Balaban J connectivity index is 1.68. The minimum Gasteiger partial charge on any atom is -0.493 e. The van der Waals surface area contributed by atoms with Gasteiger partial charge in [0.1, 0.15) is 6.61 Å². The number of aliphatic imine (C=N–C) groups is 1. The van der Waals surface area contributed by atoms with Gasteiger partial charge in [0.2, 0.25) is 5.91 Å². The number of esters is 1. The Morgan fingerprint density at radius 1 is 1.13 bits per heavy atom. The van der Waals surface area contributed by atoms with Crippen molar-refractivity contribution in [2.75, 3.05) is 14.2 Å². The van der Waals surface area contributed by atoms with E-state index in [4.69, 9.17) is 14.2 Å². The number of ether oxygens (including phenoxy) is 3. The van der Waals surface area contributed by atoms with Gasteiger partial charge in [0.25, 0.3) is 0 Å². The van der Waals surface area contributed by atoms with Crippen LogP contribution < -0.4 is 14.8 Å². The van der Waals surface area contributed by atoms with E-state index in [1.54, 1.807) is 14.0 Å². The SMILES string of the molecule is CC[C@H](C)NC(=O)CC1=CSC2=NC(C)=C(C(=O)OC)[C@@H](c3ccc(OCc4ccccc4)c(OC)c3)N12. The van der Waals surface area contributed by atoms with E-state index in [9.17, 15) is 9.59 Å². The van der Waals surface area contributed by atoms with Crippen molar-refractivity contribution in [3.05, 3.63) is 82.0 Å². The van der Waals surface area contributed by atoms with Crippen molar-refractivity contribution >= 4 is 28.8 Å². The Kier molecular flexibility index (Phi) is 8.78. The van der Waals surface area contributed by atoms with Gasteiger partial charge in [0.15, 0.2) is 16.7 Å². The molecule has 8 nitrogen and oxygen atoms in total. The molecule has 0 spiro atoms. The molecule has 0 unspecified atom stereocenters. The molecule has 38 heavy (non-hydrogen) atoms. The largest absolute Gasteiger partial charge is 0.493 e. The Morgan fingerprint density at radius 3 is 2.58 bits per heavy atom. The number of fused-ring (bicyclic) bond motifs is 1. The van der Waals surface area contributed by atoms with Gasteiger partial charge in [0.05, 0.1) is 38.0 Å². The first-order valence-corrected chi connectivity index (χ1v) is 13.4. The van der Waals surface area contributed by atoms with Gasteiger partial charge in [-0.05, 0) is 48.9 Å². The second kappa shape index (κ2) is 12.2. The molecule has 0 radical (unpaired) electrons. The fraction of sp³-hybridized carbons (Fsp3) is 0.345. The number of amidine groups is 1. The average Bonchev–Trinajstić information content (AvgIpc) is 3.32. The first kappa shape index (κ1) is 27.3. The number of nitrogens with one attached hydrogen (secondary N) is 1. The highest BCUT2D eigenvalue weighted by Gasteiger charge is 2.41. The zero-order valence-electron chi connectivity index (χ0n) is 22.3. The molecule has 0 fully saturated rings. The number of amides is 1. The number of methoxy groups -OCH3 is 2. The van der Waals surface area contributed by atoms with Crippen LogP contribution in [-0.4, -0.2) is 42.2 Å². The Bertz CT molecular complexity index is 1290. The van der Waals surface area contributed by atoms with E-state index < -0.39 is 12.0 Å². The van der Waals surface area contributed by atoms with E-state index in [1.165, 1.54) is 18.9 Å². The van der Waals surface area contributed by atoms with Crippen molar-refractivity contribution in [2.24, 2.45) is 4.99 Å². The molecule has 1 N–H and O–H groups in total. The van der Waals surface area contributed by atoms with Gasteiger partial charge in [-0.2, -0.15) is 0 Å². The maximum atomic E-state index is 13.0. The van der Waals surface area contributed by atoms with Gasteiger partial charge >= 0.3 is 5.97 Å². The molecule has 9 heteroatoms. The van der Waals surface area contributed by atoms with Crippen LogP contribution in [0.2, 0.25) is 0 Å². The lowest BCUT2D eigenvalue weighted by Crippen LogP contribution is -2.39. The fourth-order valence-electron chi connectivity index (χ4n) is 4.36. The summed E-state index contributed by atoms with van der Waals surface area (Å²) in [6, 6.07) is 15.0. The van der Waals surface area contributed by atoms with Crippen molar-refractivity contribution < 1.29 is 23.8 Å². The third-order valence-electron chi connectivity index (χ3n) is 6.51. The second-order valence-electron chi connectivity index (χ2n) is 9.12. The summed E-state index contributed by atoms with van der Waals surface area (Å²) in [5.74, 6) is 0.569. The number of thioether (sulfide) groups is 1. The van der Waals surface area contributed by atoms with Gasteiger partial charge in [-0.25, -0.2) is 9.79 Å².